The van der Waals surface area contributed by atoms with E-state index in [9.17, 15) is 14.0 Å². The fourth-order valence-electron chi connectivity index (χ4n) is 2.92. The van der Waals surface area contributed by atoms with Gasteiger partial charge in [0.2, 0.25) is 5.91 Å². The van der Waals surface area contributed by atoms with E-state index >= 15 is 0 Å². The normalized spacial score (nSPS) is 21.8. The van der Waals surface area contributed by atoms with Crippen LogP contribution in [0, 0.1) is 5.82 Å². The van der Waals surface area contributed by atoms with Crippen molar-refractivity contribution in [2.75, 3.05) is 56.2 Å². The van der Waals surface area contributed by atoms with Gasteiger partial charge in [0.15, 0.2) is 0 Å². The summed E-state index contributed by atoms with van der Waals surface area (Å²) in [4.78, 5) is 28.5. The minimum atomic E-state index is -0.504. The number of rotatable bonds is 4. The summed E-state index contributed by atoms with van der Waals surface area (Å²) in [5, 5.41) is 2.74. The maximum Gasteiger partial charge on any atom is 0.253 e. The molecule has 3 rings (SSSR count). The first-order valence-electron chi connectivity index (χ1n) is 8.38. The van der Waals surface area contributed by atoms with Crippen LogP contribution < -0.4 is 5.32 Å². The minimum Gasteiger partial charge on any atom is -0.366 e. The summed E-state index contributed by atoms with van der Waals surface area (Å²) in [6.45, 7) is 3.15. The van der Waals surface area contributed by atoms with Crippen molar-refractivity contribution >= 4 is 29.3 Å². The minimum absolute atomic E-state index is 0.0175. The van der Waals surface area contributed by atoms with Gasteiger partial charge in [0.05, 0.1) is 13.2 Å². The highest BCUT2D eigenvalue weighted by atomic mass is 32.2. The molecular formula is C17H22FN3O3S. The van der Waals surface area contributed by atoms with E-state index in [1.807, 2.05) is 21.6 Å². The molecule has 6 nitrogen and oxygen atoms in total. The lowest BCUT2D eigenvalue weighted by Gasteiger charge is -2.35. The smallest absolute Gasteiger partial charge is 0.253 e. The molecule has 2 fully saturated rings. The third-order valence-electron chi connectivity index (χ3n) is 4.24. The van der Waals surface area contributed by atoms with Crippen LogP contribution in [-0.2, 0) is 14.3 Å². The third kappa shape index (κ3) is 5.17. The molecule has 136 valence electrons. The van der Waals surface area contributed by atoms with Crippen LogP contribution >= 0.6 is 11.8 Å². The van der Waals surface area contributed by atoms with Crippen molar-refractivity contribution < 1.29 is 18.7 Å². The van der Waals surface area contributed by atoms with Gasteiger partial charge in [-0.15, -0.1) is 0 Å². The van der Waals surface area contributed by atoms with Crippen molar-refractivity contribution in [1.29, 1.82) is 0 Å². The Morgan fingerprint density at radius 1 is 1.20 bits per heavy atom. The molecule has 0 aliphatic carbocycles. The quantitative estimate of drug-likeness (QED) is 0.862. The van der Waals surface area contributed by atoms with Gasteiger partial charge in [-0.2, -0.15) is 11.8 Å². The van der Waals surface area contributed by atoms with Crippen LogP contribution in [0.5, 0.6) is 0 Å². The molecule has 0 bridgehead atoms. The molecule has 2 saturated heterocycles. The molecule has 0 radical (unpaired) electrons. The standard InChI is InChI=1S/C17H22FN3O3S/c18-13-1-3-14(4-2-13)19-16(22)12-20-5-8-24-15(11-20)17(23)21-6-9-25-10-7-21/h1-4,15H,5-12H2,(H,19,22). The van der Waals surface area contributed by atoms with E-state index in [4.69, 9.17) is 4.74 Å². The number of amides is 2. The van der Waals surface area contributed by atoms with Gasteiger partial charge in [0.25, 0.3) is 5.91 Å². The third-order valence-corrected chi connectivity index (χ3v) is 5.19. The Balaban J connectivity index is 1.49. The predicted molar refractivity (Wildman–Crippen MR) is 95.1 cm³/mol. The number of ether oxygens (including phenoxy) is 1. The first-order valence-corrected chi connectivity index (χ1v) is 9.53. The summed E-state index contributed by atoms with van der Waals surface area (Å²) in [5.74, 6) is 1.41. The van der Waals surface area contributed by atoms with Crippen molar-refractivity contribution in [3.8, 4) is 0 Å². The van der Waals surface area contributed by atoms with Gasteiger partial charge in [-0.1, -0.05) is 0 Å². The lowest BCUT2D eigenvalue weighted by atomic mass is 10.2. The van der Waals surface area contributed by atoms with Gasteiger partial charge in [-0.25, -0.2) is 4.39 Å². The molecule has 1 unspecified atom stereocenters. The van der Waals surface area contributed by atoms with E-state index in [2.05, 4.69) is 5.32 Å². The number of benzene rings is 1. The Bertz CT molecular complexity index is 608. The van der Waals surface area contributed by atoms with E-state index in [0.717, 1.165) is 24.6 Å². The number of halogens is 1. The molecule has 1 atom stereocenters. The van der Waals surface area contributed by atoms with Gasteiger partial charge < -0.3 is 15.0 Å². The van der Waals surface area contributed by atoms with Crippen LogP contribution in [-0.4, -0.2) is 78.6 Å². The SMILES string of the molecule is O=C(CN1CCOC(C(=O)N2CCSCC2)C1)Nc1ccc(F)cc1. The van der Waals surface area contributed by atoms with Crippen molar-refractivity contribution in [2.24, 2.45) is 0 Å². The second-order valence-corrected chi connectivity index (χ2v) is 7.31. The lowest BCUT2D eigenvalue weighted by molar-refractivity contribution is -0.149. The summed E-state index contributed by atoms with van der Waals surface area (Å²) < 4.78 is 18.5. The van der Waals surface area contributed by atoms with E-state index in [1.54, 1.807) is 0 Å². The monoisotopic (exact) mass is 367 g/mol. The zero-order valence-corrected chi connectivity index (χ0v) is 14.8. The van der Waals surface area contributed by atoms with Crippen LogP contribution in [0.15, 0.2) is 24.3 Å². The largest absolute Gasteiger partial charge is 0.366 e. The van der Waals surface area contributed by atoms with Crippen molar-refractivity contribution in [3.05, 3.63) is 30.1 Å². The molecule has 1 aromatic carbocycles. The molecule has 0 spiro atoms. The highest BCUT2D eigenvalue weighted by molar-refractivity contribution is 7.99. The summed E-state index contributed by atoms with van der Waals surface area (Å²) in [7, 11) is 0. The van der Waals surface area contributed by atoms with Crippen LogP contribution in [0.1, 0.15) is 0 Å². The average molecular weight is 367 g/mol. The molecule has 2 aliphatic rings. The van der Waals surface area contributed by atoms with E-state index in [1.165, 1.54) is 24.3 Å². The molecular weight excluding hydrogens is 345 g/mol. The fourth-order valence-corrected chi connectivity index (χ4v) is 3.82. The highest BCUT2D eigenvalue weighted by Gasteiger charge is 2.31. The number of carbonyl (C=O) groups excluding carboxylic acids is 2. The van der Waals surface area contributed by atoms with Crippen LogP contribution in [0.3, 0.4) is 0 Å². The van der Waals surface area contributed by atoms with Gasteiger partial charge in [-0.3, -0.25) is 14.5 Å². The number of thioether (sulfide) groups is 1. The van der Waals surface area contributed by atoms with Crippen molar-refractivity contribution in [2.45, 2.75) is 6.10 Å². The maximum absolute atomic E-state index is 12.9. The van der Waals surface area contributed by atoms with E-state index < -0.39 is 6.10 Å². The molecule has 1 N–H and O–H groups in total. The van der Waals surface area contributed by atoms with Crippen LogP contribution in [0.4, 0.5) is 10.1 Å². The fraction of sp³-hybridized carbons (Fsp3) is 0.529. The van der Waals surface area contributed by atoms with E-state index in [0.29, 0.717) is 25.4 Å². The topological polar surface area (TPSA) is 61.9 Å². The van der Waals surface area contributed by atoms with Crippen molar-refractivity contribution in [3.63, 3.8) is 0 Å². The molecule has 1 aromatic rings. The van der Waals surface area contributed by atoms with Gasteiger partial charge in [-0.05, 0) is 24.3 Å². The lowest BCUT2D eigenvalue weighted by Crippen LogP contribution is -2.53. The second kappa shape index (κ2) is 8.64. The van der Waals surface area contributed by atoms with Gasteiger partial charge in [0.1, 0.15) is 11.9 Å². The van der Waals surface area contributed by atoms with Gasteiger partial charge in [0, 0.05) is 43.4 Å². The molecule has 2 heterocycles. The van der Waals surface area contributed by atoms with Crippen LogP contribution in [0.2, 0.25) is 0 Å². The first kappa shape index (κ1) is 18.2. The molecule has 0 aromatic heterocycles. The number of carbonyl (C=O) groups is 2. The summed E-state index contributed by atoms with van der Waals surface area (Å²) in [5.41, 5.74) is 0.554. The Labute approximate surface area is 150 Å². The summed E-state index contributed by atoms with van der Waals surface area (Å²) >= 11 is 1.85. The molecule has 0 saturated carbocycles. The molecule has 2 amide bonds. The number of hydrogen-bond donors (Lipinski definition) is 1. The van der Waals surface area contributed by atoms with Crippen molar-refractivity contribution in [1.82, 2.24) is 9.80 Å². The van der Waals surface area contributed by atoms with Crippen LogP contribution in [0.25, 0.3) is 0 Å². The highest BCUT2D eigenvalue weighted by Crippen LogP contribution is 2.14. The first-order chi connectivity index (χ1) is 12.1. The second-order valence-electron chi connectivity index (χ2n) is 6.09. The predicted octanol–water partition coefficient (Wildman–Crippen LogP) is 1.04. The Kier molecular flexibility index (Phi) is 6.28. The molecule has 25 heavy (non-hydrogen) atoms. The number of morpholine rings is 1. The number of hydrogen-bond acceptors (Lipinski definition) is 5. The number of anilines is 1. The molecule has 2 aliphatic heterocycles. The Morgan fingerprint density at radius 2 is 1.92 bits per heavy atom. The maximum atomic E-state index is 12.9. The molecule has 8 heteroatoms. The average Bonchev–Trinajstić information content (AvgIpc) is 2.64. The summed E-state index contributed by atoms with van der Waals surface area (Å²) in [6.07, 6.45) is -0.504. The number of nitrogens with zero attached hydrogens (tertiary/aromatic N) is 2. The zero-order valence-electron chi connectivity index (χ0n) is 13.9. The Morgan fingerprint density at radius 3 is 2.64 bits per heavy atom. The number of nitrogens with one attached hydrogen (secondary N) is 1. The zero-order chi connectivity index (χ0) is 17.6. The Hall–Kier alpha value is -1.64. The van der Waals surface area contributed by atoms with Gasteiger partial charge >= 0.3 is 0 Å². The van der Waals surface area contributed by atoms with E-state index in [-0.39, 0.29) is 24.2 Å². The summed E-state index contributed by atoms with van der Waals surface area (Å²) in [6, 6.07) is 5.65.